The van der Waals surface area contributed by atoms with Crippen LogP contribution in [0.2, 0.25) is 0 Å². The number of amides is 1. The lowest BCUT2D eigenvalue weighted by atomic mass is 10.1. The molecule has 2 aromatic carbocycles. The lowest BCUT2D eigenvalue weighted by Gasteiger charge is -2.09. The molecule has 0 saturated carbocycles. The van der Waals surface area contributed by atoms with Crippen LogP contribution in [0.3, 0.4) is 0 Å². The van der Waals surface area contributed by atoms with Crippen LogP contribution in [-0.2, 0) is 4.79 Å². The Morgan fingerprint density at radius 3 is 2.38 bits per heavy atom. The summed E-state index contributed by atoms with van der Waals surface area (Å²) in [7, 11) is 0. The average molecular weight is 323 g/mol. The molecule has 0 aliphatic rings. The first-order chi connectivity index (χ1) is 11.5. The van der Waals surface area contributed by atoms with Crippen molar-refractivity contribution in [2.45, 2.75) is 27.2 Å². The molecule has 3 heteroatoms. The highest BCUT2D eigenvalue weighted by Gasteiger charge is 2.00. The number of nitrogens with one attached hydrogen (secondary N) is 1. The van der Waals surface area contributed by atoms with E-state index in [1.54, 1.807) is 6.08 Å². The Bertz CT molecular complexity index is 670. The topological polar surface area (TPSA) is 38.3 Å². The minimum Gasteiger partial charge on any atom is -0.494 e. The van der Waals surface area contributed by atoms with Crippen LogP contribution in [0, 0.1) is 12.8 Å². The fourth-order valence-electron chi connectivity index (χ4n) is 2.08. The first kappa shape index (κ1) is 17.8. The monoisotopic (exact) mass is 323 g/mol. The minimum absolute atomic E-state index is 0.149. The molecule has 1 N–H and O–H groups in total. The molecule has 0 fully saturated rings. The molecule has 0 aliphatic carbocycles. The Labute approximate surface area is 144 Å². The van der Waals surface area contributed by atoms with Crippen LogP contribution >= 0.6 is 0 Å². The Hall–Kier alpha value is -2.55. The fourth-order valence-corrected chi connectivity index (χ4v) is 2.08. The van der Waals surface area contributed by atoms with Crippen LogP contribution in [0.1, 0.15) is 31.4 Å². The Morgan fingerprint density at radius 2 is 1.75 bits per heavy atom. The van der Waals surface area contributed by atoms with Crippen LogP contribution in [0.5, 0.6) is 5.75 Å². The lowest BCUT2D eigenvalue weighted by molar-refractivity contribution is -0.111. The smallest absolute Gasteiger partial charge is 0.248 e. The van der Waals surface area contributed by atoms with Crippen molar-refractivity contribution in [2.24, 2.45) is 5.92 Å². The summed E-state index contributed by atoms with van der Waals surface area (Å²) in [6.45, 7) is 7.09. The number of hydrogen-bond acceptors (Lipinski definition) is 2. The molecule has 3 nitrogen and oxygen atoms in total. The normalized spacial score (nSPS) is 11.0. The van der Waals surface area contributed by atoms with E-state index in [0.29, 0.717) is 12.5 Å². The van der Waals surface area contributed by atoms with Gasteiger partial charge in [-0.05, 0) is 55.2 Å². The molecule has 0 aliphatic heterocycles. The van der Waals surface area contributed by atoms with E-state index in [4.69, 9.17) is 4.74 Å². The molecule has 24 heavy (non-hydrogen) atoms. The summed E-state index contributed by atoms with van der Waals surface area (Å²) in [5, 5.41) is 2.84. The van der Waals surface area contributed by atoms with Crippen molar-refractivity contribution in [1.29, 1.82) is 0 Å². The summed E-state index contributed by atoms with van der Waals surface area (Å²) in [6.07, 6.45) is 4.37. The number of ether oxygens (including phenoxy) is 1. The first-order valence-electron chi connectivity index (χ1n) is 8.31. The van der Waals surface area contributed by atoms with Gasteiger partial charge in [-0.2, -0.15) is 0 Å². The molecular weight excluding hydrogens is 298 g/mol. The van der Waals surface area contributed by atoms with Crippen molar-refractivity contribution in [3.05, 3.63) is 65.7 Å². The molecular formula is C21H25NO2. The number of aryl methyl sites for hydroxylation is 1. The molecule has 0 bridgehead atoms. The predicted molar refractivity (Wildman–Crippen MR) is 100 cm³/mol. The van der Waals surface area contributed by atoms with Gasteiger partial charge in [0, 0.05) is 11.8 Å². The van der Waals surface area contributed by atoms with Crippen LogP contribution in [0.25, 0.3) is 6.08 Å². The summed E-state index contributed by atoms with van der Waals surface area (Å²) < 4.78 is 5.67. The molecule has 0 heterocycles. The fraction of sp³-hybridized carbons (Fsp3) is 0.286. The van der Waals surface area contributed by atoms with Gasteiger partial charge >= 0.3 is 0 Å². The van der Waals surface area contributed by atoms with Crippen molar-refractivity contribution in [2.75, 3.05) is 11.9 Å². The molecule has 0 unspecified atom stereocenters. The first-order valence-corrected chi connectivity index (χ1v) is 8.31. The number of rotatable bonds is 7. The largest absolute Gasteiger partial charge is 0.494 e. The maximum atomic E-state index is 12.0. The maximum Gasteiger partial charge on any atom is 0.248 e. The number of carbonyl (C=O) groups is 1. The third kappa shape index (κ3) is 6.29. The van der Waals surface area contributed by atoms with E-state index in [2.05, 4.69) is 19.2 Å². The van der Waals surface area contributed by atoms with Gasteiger partial charge in [-0.15, -0.1) is 0 Å². The van der Waals surface area contributed by atoms with E-state index < -0.39 is 0 Å². The average Bonchev–Trinajstić information content (AvgIpc) is 2.56. The van der Waals surface area contributed by atoms with Crippen LogP contribution in [0.4, 0.5) is 5.69 Å². The number of carbonyl (C=O) groups excluding carboxylic acids is 1. The highest BCUT2D eigenvalue weighted by Crippen LogP contribution is 2.16. The van der Waals surface area contributed by atoms with Gasteiger partial charge < -0.3 is 10.1 Å². The van der Waals surface area contributed by atoms with E-state index in [-0.39, 0.29) is 5.91 Å². The number of anilines is 1. The summed E-state index contributed by atoms with van der Waals surface area (Å²) in [6, 6.07) is 15.5. The minimum atomic E-state index is -0.149. The third-order valence-corrected chi connectivity index (χ3v) is 3.59. The van der Waals surface area contributed by atoms with Crippen molar-refractivity contribution in [3.63, 3.8) is 0 Å². The highest BCUT2D eigenvalue weighted by atomic mass is 16.5. The highest BCUT2D eigenvalue weighted by molar-refractivity contribution is 6.01. The van der Waals surface area contributed by atoms with Crippen LogP contribution in [-0.4, -0.2) is 12.5 Å². The van der Waals surface area contributed by atoms with E-state index in [1.165, 1.54) is 11.6 Å². The van der Waals surface area contributed by atoms with Gasteiger partial charge in [0.25, 0.3) is 0 Å². The predicted octanol–water partition coefficient (Wildman–Crippen LogP) is 5.07. The molecule has 2 aromatic rings. The molecule has 126 valence electrons. The van der Waals surface area contributed by atoms with E-state index in [1.807, 2.05) is 55.5 Å². The van der Waals surface area contributed by atoms with Gasteiger partial charge in [-0.25, -0.2) is 0 Å². The lowest BCUT2D eigenvalue weighted by Crippen LogP contribution is -2.07. The zero-order valence-electron chi connectivity index (χ0n) is 14.6. The Kier molecular flexibility index (Phi) is 6.62. The maximum absolute atomic E-state index is 12.0. The zero-order valence-corrected chi connectivity index (χ0v) is 14.6. The molecule has 0 saturated heterocycles. The van der Waals surface area contributed by atoms with Crippen molar-refractivity contribution in [3.8, 4) is 5.75 Å². The van der Waals surface area contributed by atoms with Gasteiger partial charge in [0.15, 0.2) is 0 Å². The Balaban J connectivity index is 1.84. The second-order valence-electron chi connectivity index (χ2n) is 6.29. The SMILES string of the molecule is Cc1ccc(/C=C/C(=O)Nc2ccc(OCCC(C)C)cc2)cc1. The summed E-state index contributed by atoms with van der Waals surface area (Å²) >= 11 is 0. The Morgan fingerprint density at radius 1 is 1.08 bits per heavy atom. The molecule has 0 aromatic heterocycles. The van der Waals surface area contributed by atoms with Gasteiger partial charge in [-0.3, -0.25) is 4.79 Å². The molecule has 0 atom stereocenters. The summed E-state index contributed by atoms with van der Waals surface area (Å²) in [5.41, 5.74) is 2.96. The van der Waals surface area contributed by atoms with Crippen molar-refractivity contribution in [1.82, 2.24) is 0 Å². The second kappa shape index (κ2) is 8.92. The van der Waals surface area contributed by atoms with Gasteiger partial charge in [-0.1, -0.05) is 43.7 Å². The standard InChI is InChI=1S/C21H25NO2/c1-16(2)14-15-24-20-11-9-19(10-12-20)22-21(23)13-8-18-6-4-17(3)5-7-18/h4-13,16H,14-15H2,1-3H3,(H,22,23)/b13-8+. The zero-order chi connectivity index (χ0) is 17.4. The van der Waals surface area contributed by atoms with Crippen LogP contribution in [0.15, 0.2) is 54.6 Å². The number of benzene rings is 2. The second-order valence-corrected chi connectivity index (χ2v) is 6.29. The van der Waals surface area contributed by atoms with Crippen molar-refractivity contribution < 1.29 is 9.53 Å². The molecule has 1 amide bonds. The summed E-state index contributed by atoms with van der Waals surface area (Å²) in [5.74, 6) is 1.30. The summed E-state index contributed by atoms with van der Waals surface area (Å²) in [4.78, 5) is 12.0. The van der Waals surface area contributed by atoms with E-state index >= 15 is 0 Å². The van der Waals surface area contributed by atoms with E-state index in [0.717, 1.165) is 23.4 Å². The third-order valence-electron chi connectivity index (χ3n) is 3.59. The van der Waals surface area contributed by atoms with Crippen molar-refractivity contribution >= 4 is 17.7 Å². The quantitative estimate of drug-likeness (QED) is 0.722. The van der Waals surface area contributed by atoms with Gasteiger partial charge in [0.1, 0.15) is 5.75 Å². The van der Waals surface area contributed by atoms with Crippen LogP contribution < -0.4 is 10.1 Å². The van der Waals surface area contributed by atoms with E-state index in [9.17, 15) is 4.79 Å². The molecule has 2 rings (SSSR count). The molecule has 0 spiro atoms. The van der Waals surface area contributed by atoms with Gasteiger partial charge in [0.2, 0.25) is 5.91 Å². The number of hydrogen-bond donors (Lipinski definition) is 1. The van der Waals surface area contributed by atoms with Gasteiger partial charge in [0.05, 0.1) is 6.61 Å². The molecule has 0 radical (unpaired) electrons.